The number of benzene rings is 1. The second kappa shape index (κ2) is 9.79. The Morgan fingerprint density at radius 3 is 2.53 bits per heavy atom. The predicted molar refractivity (Wildman–Crippen MR) is 131 cm³/mol. The second-order valence-corrected chi connectivity index (χ2v) is 9.36. The number of aryl methyl sites for hydroxylation is 1. The summed E-state index contributed by atoms with van der Waals surface area (Å²) in [7, 11) is 0. The Bertz CT molecular complexity index is 1180. The lowest BCUT2D eigenvalue weighted by atomic mass is 9.95. The van der Waals surface area contributed by atoms with Crippen molar-refractivity contribution in [1.29, 1.82) is 0 Å². The van der Waals surface area contributed by atoms with Crippen molar-refractivity contribution in [3.05, 3.63) is 71.2 Å². The number of piperidine rings is 1. The average molecular weight is 458 g/mol. The van der Waals surface area contributed by atoms with Gasteiger partial charge in [0.25, 0.3) is 5.91 Å². The topological polar surface area (TPSA) is 80.1 Å². The molecule has 1 fully saturated rings. The Hall–Kier alpha value is -3.48. The van der Waals surface area contributed by atoms with Crippen molar-refractivity contribution in [2.24, 2.45) is 5.92 Å². The van der Waals surface area contributed by atoms with E-state index in [1.165, 1.54) is 12.1 Å². The molecule has 0 saturated carbocycles. The van der Waals surface area contributed by atoms with Gasteiger partial charge in [-0.2, -0.15) is 5.10 Å². The van der Waals surface area contributed by atoms with Crippen LogP contribution in [0.1, 0.15) is 59.4 Å². The fourth-order valence-electron chi connectivity index (χ4n) is 5.06. The van der Waals surface area contributed by atoms with Crippen LogP contribution in [0, 0.1) is 12.8 Å². The van der Waals surface area contributed by atoms with Crippen LogP contribution >= 0.6 is 0 Å². The molecule has 0 bridgehead atoms. The quantitative estimate of drug-likeness (QED) is 0.591. The van der Waals surface area contributed by atoms with Gasteiger partial charge in [-0.25, -0.2) is 9.67 Å². The molecular weight excluding hydrogens is 426 g/mol. The fraction of sp³-hybridized carbons (Fsp3) is 0.407. The zero-order chi connectivity index (χ0) is 23.5. The smallest absolute Gasteiger partial charge is 0.274 e. The van der Waals surface area contributed by atoms with Crippen LogP contribution in [0.5, 0.6) is 0 Å². The molecule has 176 valence electrons. The van der Waals surface area contributed by atoms with Gasteiger partial charge in [-0.1, -0.05) is 24.6 Å². The SMILES string of the molecule is Cc1ccnc(NC(=O)C2CCN(C(=O)c3nn(-c4ccccc4)c4c3CCCCC4)CC2)c1. The van der Waals surface area contributed by atoms with E-state index < -0.39 is 0 Å². The molecule has 7 heteroatoms. The zero-order valence-electron chi connectivity index (χ0n) is 19.7. The Balaban J connectivity index is 1.30. The summed E-state index contributed by atoms with van der Waals surface area (Å²) in [5, 5.41) is 7.76. The van der Waals surface area contributed by atoms with Gasteiger partial charge in [-0.05, 0) is 75.3 Å². The molecule has 2 aliphatic rings. The first-order valence-corrected chi connectivity index (χ1v) is 12.3. The highest BCUT2D eigenvalue weighted by molar-refractivity contribution is 5.95. The van der Waals surface area contributed by atoms with Gasteiger partial charge < -0.3 is 10.2 Å². The number of amides is 2. The summed E-state index contributed by atoms with van der Waals surface area (Å²) in [6, 6.07) is 13.9. The number of nitrogens with zero attached hydrogens (tertiary/aromatic N) is 4. The van der Waals surface area contributed by atoms with Crippen molar-refractivity contribution >= 4 is 17.6 Å². The van der Waals surface area contributed by atoms with E-state index >= 15 is 0 Å². The molecule has 34 heavy (non-hydrogen) atoms. The average Bonchev–Trinajstić information content (AvgIpc) is 3.04. The molecule has 1 aliphatic heterocycles. The van der Waals surface area contributed by atoms with Crippen LogP contribution in [-0.4, -0.2) is 44.6 Å². The number of nitrogens with one attached hydrogen (secondary N) is 1. The number of aromatic nitrogens is 3. The second-order valence-electron chi connectivity index (χ2n) is 9.36. The summed E-state index contributed by atoms with van der Waals surface area (Å²) < 4.78 is 1.98. The third kappa shape index (κ3) is 4.60. The van der Waals surface area contributed by atoms with Crippen LogP contribution in [0.25, 0.3) is 5.69 Å². The molecule has 2 amide bonds. The lowest BCUT2D eigenvalue weighted by molar-refractivity contribution is -0.121. The molecule has 2 aromatic heterocycles. The standard InChI is InChI=1S/C27H31N5O2/c1-19-12-15-28-24(18-19)29-26(33)20-13-16-31(17-14-20)27(34)25-22-10-6-3-7-11-23(22)32(30-25)21-8-4-2-5-9-21/h2,4-5,8-9,12,15,18,20H,3,6-7,10-11,13-14,16-17H2,1H3,(H,28,29,33). The maximum Gasteiger partial charge on any atom is 0.274 e. The van der Waals surface area contributed by atoms with E-state index in [4.69, 9.17) is 5.10 Å². The van der Waals surface area contributed by atoms with Crippen molar-refractivity contribution in [3.8, 4) is 5.69 Å². The monoisotopic (exact) mass is 457 g/mol. The molecule has 7 nitrogen and oxygen atoms in total. The van der Waals surface area contributed by atoms with E-state index in [-0.39, 0.29) is 17.7 Å². The van der Waals surface area contributed by atoms with Crippen molar-refractivity contribution in [3.63, 3.8) is 0 Å². The molecule has 3 aromatic rings. The molecule has 0 spiro atoms. The highest BCUT2D eigenvalue weighted by Crippen LogP contribution is 2.28. The summed E-state index contributed by atoms with van der Waals surface area (Å²) >= 11 is 0. The van der Waals surface area contributed by atoms with Gasteiger partial charge in [0.2, 0.25) is 5.91 Å². The minimum absolute atomic E-state index is 0.00737. The number of hydrogen-bond donors (Lipinski definition) is 1. The van der Waals surface area contributed by atoms with E-state index in [9.17, 15) is 9.59 Å². The molecule has 1 aromatic carbocycles. The van der Waals surface area contributed by atoms with E-state index in [1.54, 1.807) is 6.20 Å². The van der Waals surface area contributed by atoms with Crippen molar-refractivity contribution < 1.29 is 9.59 Å². The molecule has 3 heterocycles. The van der Waals surface area contributed by atoms with Gasteiger partial charge in [0, 0.05) is 36.5 Å². The number of likely N-dealkylation sites (tertiary alicyclic amines) is 1. The fourth-order valence-corrected chi connectivity index (χ4v) is 5.06. The number of hydrogen-bond acceptors (Lipinski definition) is 4. The van der Waals surface area contributed by atoms with Crippen molar-refractivity contribution in [1.82, 2.24) is 19.7 Å². The number of para-hydroxylation sites is 1. The number of carbonyl (C=O) groups excluding carboxylic acids is 2. The molecule has 5 rings (SSSR count). The number of pyridine rings is 1. The van der Waals surface area contributed by atoms with Crippen molar-refractivity contribution in [2.45, 2.75) is 51.9 Å². The maximum absolute atomic E-state index is 13.6. The summed E-state index contributed by atoms with van der Waals surface area (Å²) in [5.74, 6) is 0.433. The van der Waals surface area contributed by atoms with Crippen LogP contribution in [0.15, 0.2) is 48.7 Å². The van der Waals surface area contributed by atoms with E-state index in [1.807, 2.05) is 59.0 Å². The van der Waals surface area contributed by atoms with E-state index in [0.717, 1.165) is 42.5 Å². The van der Waals surface area contributed by atoms with E-state index in [2.05, 4.69) is 10.3 Å². The Morgan fingerprint density at radius 2 is 1.76 bits per heavy atom. The lowest BCUT2D eigenvalue weighted by Gasteiger charge is -2.31. The first-order chi connectivity index (χ1) is 16.6. The number of rotatable bonds is 4. The molecule has 0 unspecified atom stereocenters. The summed E-state index contributed by atoms with van der Waals surface area (Å²) in [5.41, 5.74) is 4.93. The number of carbonyl (C=O) groups is 2. The highest BCUT2D eigenvalue weighted by atomic mass is 16.2. The first kappa shape index (κ1) is 22.3. The molecule has 1 saturated heterocycles. The van der Waals surface area contributed by atoms with Gasteiger partial charge in [0.05, 0.1) is 5.69 Å². The molecule has 1 aliphatic carbocycles. The summed E-state index contributed by atoms with van der Waals surface area (Å²) in [6.07, 6.45) is 8.21. The Labute approximate surface area is 200 Å². The van der Waals surface area contributed by atoms with Gasteiger partial charge in [-0.3, -0.25) is 9.59 Å². The third-order valence-corrected chi connectivity index (χ3v) is 6.95. The van der Waals surface area contributed by atoms with Crippen LogP contribution in [0.4, 0.5) is 5.82 Å². The summed E-state index contributed by atoms with van der Waals surface area (Å²) in [6.45, 7) is 3.09. The van der Waals surface area contributed by atoms with Crippen LogP contribution < -0.4 is 5.32 Å². The van der Waals surface area contributed by atoms with Crippen LogP contribution in [0.3, 0.4) is 0 Å². The summed E-state index contributed by atoms with van der Waals surface area (Å²) in [4.78, 5) is 32.4. The van der Waals surface area contributed by atoms with E-state index in [0.29, 0.717) is 37.4 Å². The van der Waals surface area contributed by atoms with Gasteiger partial charge >= 0.3 is 0 Å². The number of fused-ring (bicyclic) bond motifs is 1. The molecule has 1 N–H and O–H groups in total. The lowest BCUT2D eigenvalue weighted by Crippen LogP contribution is -2.42. The molecule has 0 atom stereocenters. The highest BCUT2D eigenvalue weighted by Gasteiger charge is 2.32. The maximum atomic E-state index is 13.6. The normalized spacial score (nSPS) is 16.6. The first-order valence-electron chi connectivity index (χ1n) is 12.3. The molecular formula is C27H31N5O2. The third-order valence-electron chi connectivity index (χ3n) is 6.95. The van der Waals surface area contributed by atoms with Gasteiger partial charge in [0.1, 0.15) is 5.82 Å². The van der Waals surface area contributed by atoms with Crippen LogP contribution in [0.2, 0.25) is 0 Å². The van der Waals surface area contributed by atoms with Gasteiger partial charge in [-0.15, -0.1) is 0 Å². The van der Waals surface area contributed by atoms with Gasteiger partial charge in [0.15, 0.2) is 5.69 Å². The zero-order valence-corrected chi connectivity index (χ0v) is 19.7. The predicted octanol–water partition coefficient (Wildman–Crippen LogP) is 4.34. The largest absolute Gasteiger partial charge is 0.337 e. The Kier molecular flexibility index (Phi) is 6.43. The number of anilines is 1. The molecule has 0 radical (unpaired) electrons. The van der Waals surface area contributed by atoms with Crippen LogP contribution in [-0.2, 0) is 17.6 Å². The minimum atomic E-state index is -0.120. The van der Waals surface area contributed by atoms with Crippen molar-refractivity contribution in [2.75, 3.05) is 18.4 Å². The Morgan fingerprint density at radius 1 is 1.00 bits per heavy atom. The minimum Gasteiger partial charge on any atom is -0.337 e.